The van der Waals surface area contributed by atoms with Gasteiger partial charge in [0.1, 0.15) is 7.85 Å². The topological polar surface area (TPSA) is 12.9 Å². The molecule has 0 aliphatic heterocycles. The van der Waals surface area contributed by atoms with Crippen molar-refractivity contribution in [3.8, 4) is 0 Å². The lowest BCUT2D eigenvalue weighted by molar-refractivity contribution is 0.548. The van der Waals surface area contributed by atoms with Gasteiger partial charge in [-0.15, -0.1) is 0 Å². The van der Waals surface area contributed by atoms with Gasteiger partial charge >= 0.3 is 0 Å². The van der Waals surface area contributed by atoms with Gasteiger partial charge in [0, 0.05) is 17.8 Å². The first-order chi connectivity index (χ1) is 6.77. The fourth-order valence-electron chi connectivity index (χ4n) is 1.80. The molecule has 74 valence electrons. The van der Waals surface area contributed by atoms with E-state index in [0.717, 1.165) is 5.46 Å². The number of hydrogen-bond donors (Lipinski definition) is 0. The molecule has 1 aromatic heterocycles. The molecule has 0 spiro atoms. The minimum absolute atomic E-state index is 0.616. The van der Waals surface area contributed by atoms with E-state index in [0.29, 0.717) is 5.92 Å². The molecule has 0 unspecified atom stereocenters. The lowest BCUT2D eigenvalue weighted by Gasteiger charge is -2.14. The Labute approximate surface area is 88.4 Å². The first-order valence-corrected chi connectivity index (χ1v) is 5.49. The van der Waals surface area contributed by atoms with E-state index in [9.17, 15) is 0 Å². The number of hydrogen-bond acceptors (Lipinski definition) is 1. The summed E-state index contributed by atoms with van der Waals surface area (Å²) in [6.07, 6.45) is 6.65. The summed E-state index contributed by atoms with van der Waals surface area (Å²) in [5, 5.41) is 0. The third-order valence-electron chi connectivity index (χ3n) is 2.50. The van der Waals surface area contributed by atoms with Crippen molar-refractivity contribution < 1.29 is 0 Å². The molecule has 0 fully saturated rings. The van der Waals surface area contributed by atoms with Crippen molar-refractivity contribution in [3.05, 3.63) is 24.0 Å². The molecular weight excluding hydrogens is 169 g/mol. The lowest BCUT2D eigenvalue weighted by Crippen LogP contribution is -2.07. The molecule has 0 aliphatic carbocycles. The van der Waals surface area contributed by atoms with E-state index < -0.39 is 0 Å². The van der Waals surface area contributed by atoms with Crippen LogP contribution in [0.2, 0.25) is 0 Å². The van der Waals surface area contributed by atoms with Gasteiger partial charge < -0.3 is 0 Å². The summed E-state index contributed by atoms with van der Waals surface area (Å²) in [7, 11) is 5.61. The van der Waals surface area contributed by atoms with Crippen molar-refractivity contribution >= 4 is 13.3 Å². The van der Waals surface area contributed by atoms with Crippen LogP contribution in [0.15, 0.2) is 18.3 Å². The molecule has 1 nitrogen and oxygen atoms in total. The largest absolute Gasteiger partial charge is 0.262 e. The van der Waals surface area contributed by atoms with Crippen LogP contribution in [0.4, 0.5) is 0 Å². The summed E-state index contributed by atoms with van der Waals surface area (Å²) >= 11 is 0. The summed E-state index contributed by atoms with van der Waals surface area (Å²) in [4.78, 5) is 4.39. The Bertz CT molecular complexity index is 250. The Balaban J connectivity index is 2.71. The van der Waals surface area contributed by atoms with Gasteiger partial charge in [0.15, 0.2) is 0 Å². The summed E-state index contributed by atoms with van der Waals surface area (Å²) in [5.74, 6) is 0.616. The van der Waals surface area contributed by atoms with Gasteiger partial charge in [0.05, 0.1) is 0 Å². The fourth-order valence-corrected chi connectivity index (χ4v) is 1.80. The average molecular weight is 187 g/mol. The van der Waals surface area contributed by atoms with Gasteiger partial charge in [-0.1, -0.05) is 38.2 Å². The van der Waals surface area contributed by atoms with Gasteiger partial charge in [-0.3, -0.25) is 4.98 Å². The van der Waals surface area contributed by atoms with E-state index in [4.69, 9.17) is 7.85 Å². The molecule has 1 rings (SSSR count). The molecular formula is C12H18BN. The van der Waals surface area contributed by atoms with Crippen LogP contribution in [0.1, 0.15) is 51.1 Å². The maximum Gasteiger partial charge on any atom is 0.115 e. The predicted molar refractivity (Wildman–Crippen MR) is 62.2 cm³/mol. The normalized spacial score (nSPS) is 10.8. The van der Waals surface area contributed by atoms with Crippen LogP contribution in [0.3, 0.4) is 0 Å². The van der Waals surface area contributed by atoms with Crippen molar-refractivity contribution in [3.63, 3.8) is 0 Å². The highest BCUT2D eigenvalue weighted by Crippen LogP contribution is 2.23. The van der Waals surface area contributed by atoms with Gasteiger partial charge in [0.2, 0.25) is 0 Å². The maximum atomic E-state index is 5.61. The van der Waals surface area contributed by atoms with Crippen LogP contribution in [0, 0.1) is 0 Å². The predicted octanol–water partition coefficient (Wildman–Crippen LogP) is 2.56. The Hall–Kier alpha value is -0.785. The van der Waals surface area contributed by atoms with Gasteiger partial charge in [-0.2, -0.15) is 0 Å². The lowest BCUT2D eigenvalue weighted by atomic mass is 9.92. The van der Waals surface area contributed by atoms with E-state index in [2.05, 4.69) is 24.9 Å². The summed E-state index contributed by atoms with van der Waals surface area (Å²) in [6, 6.07) is 4.01. The van der Waals surface area contributed by atoms with E-state index in [1.54, 1.807) is 6.20 Å². The highest BCUT2D eigenvalue weighted by atomic mass is 14.7. The van der Waals surface area contributed by atoms with Crippen LogP contribution in [0.5, 0.6) is 0 Å². The zero-order valence-corrected chi connectivity index (χ0v) is 9.16. The fraction of sp³-hybridized carbons (Fsp3) is 0.583. The van der Waals surface area contributed by atoms with Crippen molar-refractivity contribution in [1.82, 2.24) is 4.98 Å². The SMILES string of the molecule is [B]c1ccc(C(CCC)CCC)nc1. The van der Waals surface area contributed by atoms with E-state index in [-0.39, 0.29) is 0 Å². The molecule has 2 heteroatoms. The molecule has 1 heterocycles. The van der Waals surface area contributed by atoms with E-state index in [1.807, 2.05) is 6.07 Å². The van der Waals surface area contributed by atoms with Crippen molar-refractivity contribution in [1.29, 1.82) is 0 Å². The Morgan fingerprint density at radius 1 is 1.21 bits per heavy atom. The highest BCUT2D eigenvalue weighted by Gasteiger charge is 2.10. The molecule has 0 amide bonds. The molecule has 0 bridgehead atoms. The molecule has 0 aliphatic rings. The molecule has 14 heavy (non-hydrogen) atoms. The second-order valence-electron chi connectivity index (χ2n) is 3.79. The van der Waals surface area contributed by atoms with Crippen molar-refractivity contribution in [2.24, 2.45) is 0 Å². The van der Waals surface area contributed by atoms with Crippen molar-refractivity contribution in [2.45, 2.75) is 45.4 Å². The quantitative estimate of drug-likeness (QED) is 0.645. The number of rotatable bonds is 5. The minimum atomic E-state index is 0.616. The Morgan fingerprint density at radius 2 is 1.86 bits per heavy atom. The van der Waals surface area contributed by atoms with Crippen LogP contribution >= 0.6 is 0 Å². The number of pyridine rings is 1. The second kappa shape index (κ2) is 5.84. The van der Waals surface area contributed by atoms with Crippen molar-refractivity contribution in [2.75, 3.05) is 0 Å². The Morgan fingerprint density at radius 3 is 2.29 bits per heavy atom. The third-order valence-corrected chi connectivity index (χ3v) is 2.50. The summed E-state index contributed by atoms with van der Waals surface area (Å²) in [6.45, 7) is 4.44. The van der Waals surface area contributed by atoms with Crippen LogP contribution < -0.4 is 5.46 Å². The number of aromatic nitrogens is 1. The monoisotopic (exact) mass is 187 g/mol. The summed E-state index contributed by atoms with van der Waals surface area (Å²) in [5.41, 5.74) is 1.95. The standard InChI is InChI=1S/C12H18BN/c1-3-5-10(6-4-2)12-8-7-11(13)9-14-12/h7-10H,3-6H2,1-2H3. The molecule has 0 aromatic carbocycles. The third kappa shape index (κ3) is 3.17. The molecule has 0 N–H and O–H groups in total. The van der Waals surface area contributed by atoms with Gasteiger partial charge in [-0.05, 0) is 18.9 Å². The molecule has 2 radical (unpaired) electrons. The smallest absolute Gasteiger partial charge is 0.115 e. The zero-order valence-electron chi connectivity index (χ0n) is 9.16. The van der Waals surface area contributed by atoms with E-state index >= 15 is 0 Å². The molecule has 0 atom stereocenters. The van der Waals surface area contributed by atoms with Gasteiger partial charge in [0.25, 0.3) is 0 Å². The molecule has 0 saturated heterocycles. The van der Waals surface area contributed by atoms with Crippen LogP contribution in [0.25, 0.3) is 0 Å². The second-order valence-corrected chi connectivity index (χ2v) is 3.79. The van der Waals surface area contributed by atoms with E-state index in [1.165, 1.54) is 31.4 Å². The zero-order chi connectivity index (χ0) is 10.4. The van der Waals surface area contributed by atoms with Crippen LogP contribution in [-0.4, -0.2) is 12.8 Å². The summed E-state index contributed by atoms with van der Waals surface area (Å²) < 4.78 is 0. The maximum absolute atomic E-state index is 5.61. The average Bonchev–Trinajstić information content (AvgIpc) is 2.19. The molecule has 1 aromatic rings. The first-order valence-electron chi connectivity index (χ1n) is 5.49. The number of nitrogens with zero attached hydrogens (tertiary/aromatic N) is 1. The highest BCUT2D eigenvalue weighted by molar-refractivity contribution is 6.31. The van der Waals surface area contributed by atoms with Gasteiger partial charge in [-0.25, -0.2) is 0 Å². The minimum Gasteiger partial charge on any atom is -0.262 e. The Kier molecular flexibility index (Phi) is 4.71. The first kappa shape index (κ1) is 11.3. The van der Waals surface area contributed by atoms with Crippen LogP contribution in [-0.2, 0) is 0 Å². The molecule has 0 saturated carbocycles.